The van der Waals surface area contributed by atoms with Crippen LogP contribution in [-0.2, 0) is 4.74 Å². The summed E-state index contributed by atoms with van der Waals surface area (Å²) < 4.78 is 18.5. The zero-order chi connectivity index (χ0) is 11.7. The molecule has 0 unspecified atom stereocenters. The van der Waals surface area contributed by atoms with Crippen LogP contribution in [0.1, 0.15) is 0 Å². The Kier molecular flexibility index (Phi) is 2.65. The third-order valence-electron chi connectivity index (χ3n) is 3.01. The molecule has 0 atom stereocenters. The fraction of sp³-hybridized carbons (Fsp3) is 0.308. The van der Waals surface area contributed by atoms with Crippen molar-refractivity contribution in [1.82, 2.24) is 4.98 Å². The molecule has 1 aromatic carbocycles. The minimum absolute atomic E-state index is 0.224. The number of halogens is 1. The summed E-state index contributed by atoms with van der Waals surface area (Å²) in [6.07, 6.45) is 1.84. The number of ether oxygens (including phenoxy) is 1. The van der Waals surface area contributed by atoms with Crippen molar-refractivity contribution in [2.75, 3.05) is 31.2 Å². The minimum Gasteiger partial charge on any atom is -0.378 e. The van der Waals surface area contributed by atoms with Gasteiger partial charge < -0.3 is 9.64 Å². The fourth-order valence-electron chi connectivity index (χ4n) is 2.09. The van der Waals surface area contributed by atoms with Crippen LogP contribution in [0.25, 0.3) is 10.9 Å². The van der Waals surface area contributed by atoms with E-state index in [1.165, 1.54) is 12.1 Å². The van der Waals surface area contributed by atoms with E-state index in [9.17, 15) is 4.39 Å². The molecule has 1 fully saturated rings. The van der Waals surface area contributed by atoms with Crippen LogP contribution < -0.4 is 4.90 Å². The first-order chi connectivity index (χ1) is 8.33. The van der Waals surface area contributed by atoms with E-state index in [1.54, 1.807) is 6.07 Å². The molecular weight excluding hydrogens is 219 g/mol. The van der Waals surface area contributed by atoms with Gasteiger partial charge in [0, 0.05) is 18.5 Å². The van der Waals surface area contributed by atoms with Crippen molar-refractivity contribution >= 4 is 16.6 Å². The number of aromatic nitrogens is 1. The van der Waals surface area contributed by atoms with Gasteiger partial charge >= 0.3 is 0 Å². The number of benzene rings is 1. The van der Waals surface area contributed by atoms with E-state index in [1.807, 2.05) is 12.3 Å². The average Bonchev–Trinajstić information content (AvgIpc) is 2.39. The van der Waals surface area contributed by atoms with Gasteiger partial charge in [-0.15, -0.1) is 0 Å². The van der Waals surface area contributed by atoms with Gasteiger partial charge in [-0.05, 0) is 24.3 Å². The summed E-state index contributed by atoms with van der Waals surface area (Å²) in [6.45, 7) is 3.20. The molecule has 3 rings (SSSR count). The van der Waals surface area contributed by atoms with E-state index in [-0.39, 0.29) is 5.82 Å². The van der Waals surface area contributed by atoms with Gasteiger partial charge in [-0.3, -0.25) is 4.98 Å². The highest BCUT2D eigenvalue weighted by molar-refractivity contribution is 5.81. The smallest absolute Gasteiger partial charge is 0.123 e. The van der Waals surface area contributed by atoms with Crippen molar-refractivity contribution in [2.45, 2.75) is 0 Å². The first-order valence-corrected chi connectivity index (χ1v) is 5.71. The molecule has 0 spiro atoms. The molecule has 2 heterocycles. The molecule has 0 saturated carbocycles. The van der Waals surface area contributed by atoms with Crippen LogP contribution in [-0.4, -0.2) is 31.3 Å². The van der Waals surface area contributed by atoms with Crippen LogP contribution >= 0.6 is 0 Å². The summed E-state index contributed by atoms with van der Waals surface area (Å²) in [4.78, 5) is 6.56. The van der Waals surface area contributed by atoms with Gasteiger partial charge in [-0.1, -0.05) is 0 Å². The third-order valence-corrected chi connectivity index (χ3v) is 3.01. The first-order valence-electron chi connectivity index (χ1n) is 5.71. The molecule has 17 heavy (non-hydrogen) atoms. The lowest BCUT2D eigenvalue weighted by Gasteiger charge is -2.28. The van der Waals surface area contributed by atoms with Gasteiger partial charge in [-0.2, -0.15) is 0 Å². The van der Waals surface area contributed by atoms with E-state index < -0.39 is 0 Å². The largest absolute Gasteiger partial charge is 0.378 e. The van der Waals surface area contributed by atoms with Crippen molar-refractivity contribution in [3.63, 3.8) is 0 Å². The Labute approximate surface area is 98.8 Å². The number of nitrogens with zero attached hydrogens (tertiary/aromatic N) is 2. The Hall–Kier alpha value is -1.68. The summed E-state index contributed by atoms with van der Waals surface area (Å²) >= 11 is 0. The molecule has 0 amide bonds. The van der Waals surface area contributed by atoms with Crippen LogP contribution in [0.15, 0.2) is 30.5 Å². The van der Waals surface area contributed by atoms with Gasteiger partial charge in [-0.25, -0.2) is 4.39 Å². The zero-order valence-electron chi connectivity index (χ0n) is 9.40. The molecule has 0 bridgehead atoms. The maximum atomic E-state index is 13.1. The first kappa shape index (κ1) is 10.5. The van der Waals surface area contributed by atoms with Crippen LogP contribution in [0.5, 0.6) is 0 Å². The quantitative estimate of drug-likeness (QED) is 0.753. The highest BCUT2D eigenvalue weighted by atomic mass is 19.1. The van der Waals surface area contributed by atoms with Gasteiger partial charge in [0.15, 0.2) is 0 Å². The molecule has 0 radical (unpaired) electrons. The van der Waals surface area contributed by atoms with E-state index in [0.717, 1.165) is 42.9 Å². The molecule has 1 saturated heterocycles. The Morgan fingerprint density at radius 2 is 2.00 bits per heavy atom. The molecule has 1 aromatic heterocycles. The van der Waals surface area contributed by atoms with Crippen molar-refractivity contribution in [2.24, 2.45) is 0 Å². The summed E-state index contributed by atoms with van der Waals surface area (Å²) in [5, 5.41) is 0.842. The number of rotatable bonds is 1. The highest BCUT2D eigenvalue weighted by Gasteiger charge is 2.11. The third kappa shape index (κ3) is 2.08. The molecule has 0 N–H and O–H groups in total. The molecule has 1 aliphatic heterocycles. The van der Waals surface area contributed by atoms with E-state index in [4.69, 9.17) is 4.74 Å². The summed E-state index contributed by atoms with van der Waals surface area (Å²) in [5.74, 6) is -0.224. The van der Waals surface area contributed by atoms with Crippen LogP contribution in [0, 0.1) is 5.82 Å². The number of pyridine rings is 1. The monoisotopic (exact) mass is 232 g/mol. The second-order valence-corrected chi connectivity index (χ2v) is 4.13. The minimum atomic E-state index is -0.224. The lowest BCUT2D eigenvalue weighted by Crippen LogP contribution is -2.36. The second-order valence-electron chi connectivity index (χ2n) is 4.13. The Morgan fingerprint density at radius 3 is 2.82 bits per heavy atom. The molecular formula is C13H13FN2O. The fourth-order valence-corrected chi connectivity index (χ4v) is 2.09. The number of hydrogen-bond acceptors (Lipinski definition) is 3. The number of morpholine rings is 1. The van der Waals surface area contributed by atoms with Crippen LogP contribution in [0.2, 0.25) is 0 Å². The SMILES string of the molecule is Fc1ccc2ncc(N3CCOCC3)cc2c1. The van der Waals surface area contributed by atoms with E-state index >= 15 is 0 Å². The second kappa shape index (κ2) is 4.30. The highest BCUT2D eigenvalue weighted by Crippen LogP contribution is 2.21. The Balaban J connectivity index is 1.99. The van der Waals surface area contributed by atoms with Gasteiger partial charge in [0.1, 0.15) is 5.82 Å². The molecule has 88 valence electrons. The standard InChI is InChI=1S/C13H13FN2O/c14-11-1-2-13-10(7-11)8-12(9-15-13)16-3-5-17-6-4-16/h1-2,7-9H,3-6H2. The predicted octanol–water partition coefficient (Wildman–Crippen LogP) is 2.21. The van der Waals surface area contributed by atoms with Crippen molar-refractivity contribution in [3.05, 3.63) is 36.3 Å². The van der Waals surface area contributed by atoms with Crippen molar-refractivity contribution in [3.8, 4) is 0 Å². The number of fused-ring (bicyclic) bond motifs is 1. The zero-order valence-corrected chi connectivity index (χ0v) is 9.40. The van der Waals surface area contributed by atoms with E-state index in [2.05, 4.69) is 9.88 Å². The van der Waals surface area contributed by atoms with E-state index in [0.29, 0.717) is 0 Å². The maximum Gasteiger partial charge on any atom is 0.123 e. The van der Waals surface area contributed by atoms with Crippen molar-refractivity contribution < 1.29 is 9.13 Å². The normalized spacial score (nSPS) is 16.4. The Morgan fingerprint density at radius 1 is 1.18 bits per heavy atom. The van der Waals surface area contributed by atoms with Gasteiger partial charge in [0.05, 0.1) is 30.6 Å². The summed E-state index contributed by atoms with van der Waals surface area (Å²) in [7, 11) is 0. The molecule has 2 aromatic rings. The van der Waals surface area contributed by atoms with Gasteiger partial charge in [0.25, 0.3) is 0 Å². The van der Waals surface area contributed by atoms with Crippen LogP contribution in [0.3, 0.4) is 0 Å². The number of anilines is 1. The lowest BCUT2D eigenvalue weighted by atomic mass is 10.2. The number of hydrogen-bond donors (Lipinski definition) is 0. The molecule has 3 nitrogen and oxygen atoms in total. The summed E-state index contributed by atoms with van der Waals surface area (Å²) in [5.41, 5.74) is 1.86. The predicted molar refractivity (Wildman–Crippen MR) is 64.7 cm³/mol. The Bertz CT molecular complexity index is 538. The molecule has 0 aliphatic carbocycles. The maximum absolute atomic E-state index is 13.1. The molecule has 4 heteroatoms. The molecule has 1 aliphatic rings. The lowest BCUT2D eigenvalue weighted by molar-refractivity contribution is 0.122. The summed E-state index contributed by atoms with van der Waals surface area (Å²) in [6, 6.07) is 6.64. The topological polar surface area (TPSA) is 25.4 Å². The van der Waals surface area contributed by atoms with Crippen LogP contribution in [0.4, 0.5) is 10.1 Å². The van der Waals surface area contributed by atoms with Crippen molar-refractivity contribution in [1.29, 1.82) is 0 Å². The van der Waals surface area contributed by atoms with Gasteiger partial charge in [0.2, 0.25) is 0 Å². The average molecular weight is 232 g/mol.